The normalized spacial score (nSPS) is 14.1. The van der Waals surface area contributed by atoms with E-state index in [2.05, 4.69) is 25.6 Å². The van der Waals surface area contributed by atoms with Gasteiger partial charge in [0.1, 0.15) is 12.4 Å². The third-order valence-electron chi connectivity index (χ3n) is 3.76. The molecular weight excluding hydrogens is 380 g/mol. The Morgan fingerprint density at radius 1 is 1.26 bits per heavy atom. The summed E-state index contributed by atoms with van der Waals surface area (Å²) >= 11 is 3.35. The number of likely N-dealkylation sites (N-methyl/N-ethyl adjacent to an activating group) is 1. The Morgan fingerprint density at radius 2 is 2.00 bits per heavy atom. The van der Waals surface area contributed by atoms with E-state index in [1.54, 1.807) is 31.2 Å². The molecule has 2 aromatic rings. The Labute approximate surface area is 144 Å². The number of rotatable bonds is 3. The molecule has 3 rings (SSSR count). The molecule has 0 spiro atoms. The summed E-state index contributed by atoms with van der Waals surface area (Å²) in [6.45, 7) is 3.12. The first-order valence-corrected chi connectivity index (χ1v) is 9.42. The SMILES string of the molecule is Cc1cc2c(cc1S(=O)(=O)Nc1ccccc1Br)OCCN2C. The first kappa shape index (κ1) is 16.1. The third-order valence-corrected chi connectivity index (χ3v) is 5.96. The average Bonchev–Trinajstić information content (AvgIpc) is 2.50. The van der Waals surface area contributed by atoms with Crippen molar-refractivity contribution >= 4 is 37.3 Å². The van der Waals surface area contributed by atoms with Gasteiger partial charge in [0.2, 0.25) is 0 Å². The van der Waals surface area contributed by atoms with Gasteiger partial charge < -0.3 is 9.64 Å². The second-order valence-corrected chi connectivity index (χ2v) is 7.95. The van der Waals surface area contributed by atoms with Gasteiger partial charge in [-0.1, -0.05) is 12.1 Å². The molecule has 0 saturated heterocycles. The van der Waals surface area contributed by atoms with E-state index in [0.29, 0.717) is 28.1 Å². The molecule has 5 nitrogen and oxygen atoms in total. The van der Waals surface area contributed by atoms with Gasteiger partial charge in [-0.3, -0.25) is 4.72 Å². The van der Waals surface area contributed by atoms with Crippen LogP contribution in [0.3, 0.4) is 0 Å². The van der Waals surface area contributed by atoms with Crippen molar-refractivity contribution in [3.8, 4) is 5.75 Å². The summed E-state index contributed by atoms with van der Waals surface area (Å²) in [5, 5.41) is 0. The Bertz CT molecular complexity index is 852. The van der Waals surface area contributed by atoms with E-state index in [0.717, 1.165) is 12.2 Å². The molecule has 7 heteroatoms. The van der Waals surface area contributed by atoms with Crippen LogP contribution in [0.5, 0.6) is 5.75 Å². The van der Waals surface area contributed by atoms with E-state index in [4.69, 9.17) is 4.74 Å². The standard InChI is InChI=1S/C16H17BrN2O3S/c1-11-9-14-15(22-8-7-19(14)2)10-16(11)23(20,21)18-13-6-4-3-5-12(13)17/h3-6,9-10,18H,7-8H2,1-2H3. The monoisotopic (exact) mass is 396 g/mol. The number of nitrogens with one attached hydrogen (secondary N) is 1. The fraction of sp³-hybridized carbons (Fsp3) is 0.250. The summed E-state index contributed by atoms with van der Waals surface area (Å²) in [5.74, 6) is 0.594. The van der Waals surface area contributed by atoms with Crippen molar-refractivity contribution in [1.29, 1.82) is 0 Å². The van der Waals surface area contributed by atoms with E-state index in [1.165, 1.54) is 0 Å². The zero-order valence-electron chi connectivity index (χ0n) is 12.8. The zero-order chi connectivity index (χ0) is 16.6. The minimum Gasteiger partial charge on any atom is -0.490 e. The maximum atomic E-state index is 12.7. The highest BCUT2D eigenvalue weighted by Gasteiger charge is 2.23. The molecule has 0 amide bonds. The lowest BCUT2D eigenvalue weighted by Crippen LogP contribution is -2.29. The molecule has 23 heavy (non-hydrogen) atoms. The van der Waals surface area contributed by atoms with Crippen molar-refractivity contribution in [2.45, 2.75) is 11.8 Å². The van der Waals surface area contributed by atoms with Crippen molar-refractivity contribution in [2.24, 2.45) is 0 Å². The molecule has 0 unspecified atom stereocenters. The van der Waals surface area contributed by atoms with E-state index in [9.17, 15) is 8.42 Å². The van der Waals surface area contributed by atoms with Crippen LogP contribution in [-0.2, 0) is 10.0 Å². The number of anilines is 2. The molecule has 122 valence electrons. The summed E-state index contributed by atoms with van der Waals surface area (Å²) < 4.78 is 34.4. The minimum atomic E-state index is -3.70. The Hall–Kier alpha value is -1.73. The summed E-state index contributed by atoms with van der Waals surface area (Å²) in [7, 11) is -1.73. The molecule has 0 bridgehead atoms. The molecule has 0 aromatic heterocycles. The van der Waals surface area contributed by atoms with Crippen LogP contribution in [0, 0.1) is 6.92 Å². The first-order chi connectivity index (χ1) is 10.9. The highest BCUT2D eigenvalue weighted by molar-refractivity contribution is 9.10. The van der Waals surface area contributed by atoms with Crippen LogP contribution in [0.25, 0.3) is 0 Å². The van der Waals surface area contributed by atoms with Gasteiger partial charge >= 0.3 is 0 Å². The van der Waals surface area contributed by atoms with Crippen LogP contribution < -0.4 is 14.4 Å². The quantitative estimate of drug-likeness (QED) is 0.863. The summed E-state index contributed by atoms with van der Waals surface area (Å²) in [6, 6.07) is 10.5. The van der Waals surface area contributed by atoms with E-state index in [1.807, 2.05) is 19.2 Å². The van der Waals surface area contributed by atoms with E-state index >= 15 is 0 Å². The predicted molar refractivity (Wildman–Crippen MR) is 94.9 cm³/mol. The number of nitrogens with zero attached hydrogens (tertiary/aromatic N) is 1. The third kappa shape index (κ3) is 3.16. The highest BCUT2D eigenvalue weighted by atomic mass is 79.9. The van der Waals surface area contributed by atoms with Crippen molar-refractivity contribution in [3.63, 3.8) is 0 Å². The van der Waals surface area contributed by atoms with Crippen LogP contribution in [0.15, 0.2) is 45.8 Å². The van der Waals surface area contributed by atoms with Crippen LogP contribution in [0.2, 0.25) is 0 Å². The molecule has 1 N–H and O–H groups in total. The van der Waals surface area contributed by atoms with Gasteiger partial charge in [0.25, 0.3) is 10.0 Å². The van der Waals surface area contributed by atoms with Gasteiger partial charge in [0.15, 0.2) is 0 Å². The lowest BCUT2D eigenvalue weighted by molar-refractivity contribution is 0.310. The molecule has 0 radical (unpaired) electrons. The van der Waals surface area contributed by atoms with E-state index < -0.39 is 10.0 Å². The van der Waals surface area contributed by atoms with Gasteiger partial charge in [-0.05, 0) is 46.6 Å². The second-order valence-electron chi connectivity index (χ2n) is 5.44. The number of hydrogen-bond donors (Lipinski definition) is 1. The molecule has 1 aliphatic heterocycles. The van der Waals surface area contributed by atoms with E-state index in [-0.39, 0.29) is 4.90 Å². The maximum absolute atomic E-state index is 12.7. The van der Waals surface area contributed by atoms with Crippen molar-refractivity contribution in [1.82, 2.24) is 0 Å². The Balaban J connectivity index is 2.02. The fourth-order valence-corrected chi connectivity index (χ4v) is 4.35. The van der Waals surface area contributed by atoms with Crippen molar-refractivity contribution in [3.05, 3.63) is 46.4 Å². The number of benzene rings is 2. The molecule has 1 heterocycles. The average molecular weight is 397 g/mol. The minimum absolute atomic E-state index is 0.224. The molecular formula is C16H17BrN2O3S. The molecule has 0 atom stereocenters. The second kappa shape index (κ2) is 6.05. The fourth-order valence-electron chi connectivity index (χ4n) is 2.51. The number of fused-ring (bicyclic) bond motifs is 1. The van der Waals surface area contributed by atoms with Gasteiger partial charge in [-0.2, -0.15) is 0 Å². The summed E-state index contributed by atoms with van der Waals surface area (Å²) in [5.41, 5.74) is 2.09. The number of aryl methyl sites for hydroxylation is 1. The van der Waals surface area contributed by atoms with Crippen LogP contribution in [-0.4, -0.2) is 28.6 Å². The van der Waals surface area contributed by atoms with Crippen LogP contribution in [0.1, 0.15) is 5.56 Å². The topological polar surface area (TPSA) is 58.6 Å². The number of ether oxygens (including phenoxy) is 1. The molecule has 2 aromatic carbocycles. The van der Waals surface area contributed by atoms with Gasteiger partial charge in [0, 0.05) is 17.6 Å². The maximum Gasteiger partial charge on any atom is 0.262 e. The van der Waals surface area contributed by atoms with Crippen molar-refractivity contribution < 1.29 is 13.2 Å². The molecule has 0 saturated carbocycles. The van der Waals surface area contributed by atoms with Crippen LogP contribution in [0.4, 0.5) is 11.4 Å². The van der Waals surface area contributed by atoms with Gasteiger partial charge in [-0.25, -0.2) is 8.42 Å². The van der Waals surface area contributed by atoms with Crippen LogP contribution >= 0.6 is 15.9 Å². The Morgan fingerprint density at radius 3 is 2.74 bits per heavy atom. The lowest BCUT2D eigenvalue weighted by atomic mass is 10.2. The largest absolute Gasteiger partial charge is 0.490 e. The molecule has 0 aliphatic carbocycles. The Kier molecular flexibility index (Phi) is 4.25. The highest BCUT2D eigenvalue weighted by Crippen LogP contribution is 2.36. The molecule has 0 fully saturated rings. The first-order valence-electron chi connectivity index (χ1n) is 7.14. The smallest absolute Gasteiger partial charge is 0.262 e. The predicted octanol–water partition coefficient (Wildman–Crippen LogP) is 3.39. The number of hydrogen-bond acceptors (Lipinski definition) is 4. The van der Waals surface area contributed by atoms with Gasteiger partial charge in [-0.15, -0.1) is 0 Å². The summed E-state index contributed by atoms with van der Waals surface area (Å²) in [4.78, 5) is 2.28. The number of halogens is 1. The molecule has 1 aliphatic rings. The van der Waals surface area contributed by atoms with Gasteiger partial charge in [0.05, 0.1) is 22.8 Å². The zero-order valence-corrected chi connectivity index (χ0v) is 15.2. The van der Waals surface area contributed by atoms with Crippen molar-refractivity contribution in [2.75, 3.05) is 29.8 Å². The summed E-state index contributed by atoms with van der Waals surface area (Å²) in [6.07, 6.45) is 0. The number of para-hydroxylation sites is 1. The number of sulfonamides is 1. The lowest BCUT2D eigenvalue weighted by Gasteiger charge is -2.28.